The minimum Gasteiger partial charge on any atom is -0.467 e. The van der Waals surface area contributed by atoms with Crippen molar-refractivity contribution < 1.29 is 19.1 Å². The molecule has 2 aliphatic carbocycles. The summed E-state index contributed by atoms with van der Waals surface area (Å²) >= 11 is 0. The highest BCUT2D eigenvalue weighted by Gasteiger charge is 2.63. The average molecular weight is 369 g/mol. The van der Waals surface area contributed by atoms with E-state index >= 15 is 0 Å². The normalized spacial score (nSPS) is 20.7. The molecule has 0 bridgehead atoms. The van der Waals surface area contributed by atoms with Crippen LogP contribution >= 0.6 is 0 Å². The summed E-state index contributed by atoms with van der Waals surface area (Å²) in [4.78, 5) is 26.9. The van der Waals surface area contributed by atoms with E-state index in [0.717, 1.165) is 51.4 Å². The van der Waals surface area contributed by atoms with Crippen molar-refractivity contribution in [1.82, 2.24) is 0 Å². The van der Waals surface area contributed by atoms with Crippen LogP contribution in [0.1, 0.15) is 91.9 Å². The molecular formula is C20H36O4Si. The van der Waals surface area contributed by atoms with Crippen LogP contribution in [-0.2, 0) is 9.47 Å². The molecule has 0 aliphatic heterocycles. The van der Waals surface area contributed by atoms with E-state index < -0.39 is 8.07 Å². The second kappa shape index (κ2) is 9.20. The lowest BCUT2D eigenvalue weighted by Gasteiger charge is -2.43. The van der Waals surface area contributed by atoms with Crippen molar-refractivity contribution in [1.29, 1.82) is 0 Å². The molecule has 0 aromatic rings. The topological polar surface area (TPSA) is 52.6 Å². The highest BCUT2D eigenvalue weighted by Crippen LogP contribution is 2.50. The maximum Gasteiger partial charge on any atom is 0.317 e. The molecule has 0 N–H and O–H groups in total. The lowest BCUT2D eigenvalue weighted by molar-refractivity contribution is 0.126. The van der Waals surface area contributed by atoms with Crippen molar-refractivity contribution in [3.05, 3.63) is 0 Å². The van der Waals surface area contributed by atoms with E-state index in [9.17, 15) is 9.59 Å². The van der Waals surface area contributed by atoms with Crippen molar-refractivity contribution >= 4 is 19.3 Å². The quantitative estimate of drug-likeness (QED) is 0.512. The molecule has 0 aromatic heterocycles. The summed E-state index contributed by atoms with van der Waals surface area (Å²) in [6, 6.07) is 0. The van der Waals surface area contributed by atoms with Crippen molar-refractivity contribution in [2.75, 3.05) is 0 Å². The van der Waals surface area contributed by atoms with Gasteiger partial charge in [-0.1, -0.05) is 64.2 Å². The number of rotatable bonds is 6. The Morgan fingerprint density at radius 2 is 1.00 bits per heavy atom. The van der Waals surface area contributed by atoms with Crippen molar-refractivity contribution in [3.63, 3.8) is 0 Å². The first-order valence-electron chi connectivity index (χ1n) is 10.3. The predicted octanol–water partition coefficient (Wildman–Crippen LogP) is 6.36. The SMILES string of the molecule is CC(C)OC(=O)[Si](C(=O)OC(C)C)(C1CCCCC1)C1CCCCC1. The van der Waals surface area contributed by atoms with Gasteiger partial charge in [0.25, 0.3) is 11.2 Å². The molecule has 0 spiro atoms. The van der Waals surface area contributed by atoms with Gasteiger partial charge in [0.15, 0.2) is 0 Å². The molecule has 2 saturated carbocycles. The Hall–Kier alpha value is -0.843. The molecule has 144 valence electrons. The van der Waals surface area contributed by atoms with Crippen LogP contribution in [0.2, 0.25) is 11.1 Å². The standard InChI is InChI=1S/C20H36O4Si/c1-15(2)23-19(21)25(20(22)24-16(3)4,17-11-7-5-8-12-17)18-13-9-6-10-14-18/h15-18H,5-14H2,1-4H3. The summed E-state index contributed by atoms with van der Waals surface area (Å²) in [6.07, 6.45) is 10.5. The van der Waals surface area contributed by atoms with Gasteiger partial charge >= 0.3 is 8.07 Å². The second-order valence-corrected chi connectivity index (χ2v) is 12.6. The van der Waals surface area contributed by atoms with Gasteiger partial charge in [-0.25, -0.2) is 0 Å². The van der Waals surface area contributed by atoms with Crippen LogP contribution < -0.4 is 0 Å². The molecule has 0 atom stereocenters. The number of hydrogen-bond donors (Lipinski definition) is 0. The monoisotopic (exact) mass is 368 g/mol. The van der Waals surface area contributed by atoms with Gasteiger partial charge in [-0.15, -0.1) is 0 Å². The summed E-state index contributed by atoms with van der Waals surface area (Å²) < 4.78 is 11.5. The molecule has 0 amide bonds. The van der Waals surface area contributed by atoms with Crippen LogP contribution in [-0.4, -0.2) is 31.5 Å². The van der Waals surface area contributed by atoms with E-state index in [-0.39, 0.29) is 34.5 Å². The van der Waals surface area contributed by atoms with Crippen molar-refractivity contribution in [3.8, 4) is 0 Å². The Morgan fingerprint density at radius 3 is 1.28 bits per heavy atom. The van der Waals surface area contributed by atoms with E-state index in [1.165, 1.54) is 12.8 Å². The molecule has 0 unspecified atom stereocenters. The second-order valence-electron chi connectivity index (χ2n) is 8.45. The molecule has 25 heavy (non-hydrogen) atoms. The lowest BCUT2D eigenvalue weighted by Crippen LogP contribution is -2.61. The zero-order valence-corrected chi connectivity index (χ0v) is 17.5. The zero-order valence-electron chi connectivity index (χ0n) is 16.5. The minimum absolute atomic E-state index is 0.182. The van der Waals surface area contributed by atoms with Crippen LogP contribution in [0.15, 0.2) is 0 Å². The largest absolute Gasteiger partial charge is 0.467 e. The first kappa shape index (κ1) is 20.5. The number of hydrogen-bond acceptors (Lipinski definition) is 4. The molecule has 4 nitrogen and oxygen atoms in total. The molecule has 0 saturated heterocycles. The molecule has 5 heteroatoms. The van der Waals surface area contributed by atoms with Crippen LogP contribution in [0.25, 0.3) is 0 Å². The van der Waals surface area contributed by atoms with Gasteiger partial charge in [0.1, 0.15) is 0 Å². The Labute approximate surface area is 154 Å². The molecule has 2 aliphatic rings. The fraction of sp³-hybridized carbons (Fsp3) is 0.900. The van der Waals surface area contributed by atoms with Gasteiger partial charge in [0.2, 0.25) is 0 Å². The summed E-state index contributed by atoms with van der Waals surface area (Å²) in [5.41, 5.74) is 0.0163. The third-order valence-electron chi connectivity index (χ3n) is 5.86. The van der Waals surface area contributed by atoms with Gasteiger partial charge < -0.3 is 9.47 Å². The van der Waals surface area contributed by atoms with Crippen molar-refractivity contribution in [2.45, 2.75) is 115 Å². The Balaban J connectivity index is 2.45. The Bertz CT molecular complexity index is 407. The average Bonchev–Trinajstić information content (AvgIpc) is 2.56. The third kappa shape index (κ3) is 4.66. The van der Waals surface area contributed by atoms with E-state index in [1.807, 2.05) is 27.7 Å². The number of carbonyl (C=O) groups excluding carboxylic acids is 2. The molecule has 0 heterocycles. The third-order valence-corrected chi connectivity index (χ3v) is 11.2. The molecule has 0 aromatic carbocycles. The van der Waals surface area contributed by atoms with E-state index in [2.05, 4.69) is 0 Å². The summed E-state index contributed by atoms with van der Waals surface area (Å²) in [5.74, 6) is 0. The van der Waals surface area contributed by atoms with Crippen LogP contribution in [0.3, 0.4) is 0 Å². The number of ether oxygens (including phenoxy) is 2. The fourth-order valence-corrected chi connectivity index (χ4v) is 10.5. The van der Waals surface area contributed by atoms with Gasteiger partial charge in [-0.05, 0) is 38.8 Å². The molecule has 2 fully saturated rings. The van der Waals surface area contributed by atoms with Gasteiger partial charge in [-0.3, -0.25) is 9.59 Å². The minimum atomic E-state index is -3.05. The summed E-state index contributed by atoms with van der Waals surface area (Å²) in [6.45, 7) is 7.53. The first-order valence-corrected chi connectivity index (χ1v) is 12.5. The van der Waals surface area contributed by atoms with E-state index in [1.54, 1.807) is 0 Å². The van der Waals surface area contributed by atoms with Gasteiger partial charge in [-0.2, -0.15) is 0 Å². The maximum atomic E-state index is 13.4. The Morgan fingerprint density at radius 1 is 0.680 bits per heavy atom. The van der Waals surface area contributed by atoms with Crippen LogP contribution in [0.4, 0.5) is 9.59 Å². The molecular weight excluding hydrogens is 332 g/mol. The Kier molecular flexibility index (Phi) is 7.53. The fourth-order valence-electron chi connectivity index (χ4n) is 4.82. The van der Waals surface area contributed by atoms with E-state index in [4.69, 9.17) is 9.47 Å². The highest BCUT2D eigenvalue weighted by atomic mass is 28.3. The maximum absolute atomic E-state index is 13.4. The zero-order chi connectivity index (χ0) is 18.4. The summed E-state index contributed by atoms with van der Waals surface area (Å²) in [7, 11) is -3.05. The van der Waals surface area contributed by atoms with E-state index in [0.29, 0.717) is 0 Å². The highest BCUT2D eigenvalue weighted by molar-refractivity contribution is 7.25. The number of carbonyl (C=O) groups is 2. The first-order chi connectivity index (χ1) is 11.9. The van der Waals surface area contributed by atoms with Gasteiger partial charge in [0, 0.05) is 0 Å². The van der Waals surface area contributed by atoms with Gasteiger partial charge in [0.05, 0.1) is 12.2 Å². The smallest absolute Gasteiger partial charge is 0.317 e. The summed E-state index contributed by atoms with van der Waals surface area (Å²) in [5, 5.41) is 0. The van der Waals surface area contributed by atoms with Crippen LogP contribution in [0, 0.1) is 0 Å². The molecule has 2 rings (SSSR count). The predicted molar refractivity (Wildman–Crippen MR) is 103 cm³/mol. The van der Waals surface area contributed by atoms with Crippen molar-refractivity contribution in [2.24, 2.45) is 0 Å². The lowest BCUT2D eigenvalue weighted by atomic mass is 9.99. The van der Waals surface area contributed by atoms with Crippen LogP contribution in [0.5, 0.6) is 0 Å². The molecule has 0 radical (unpaired) electrons.